The number of hydrogen-bond donors (Lipinski definition) is 2. The largest absolute Gasteiger partial charge is 0.390 e. The Labute approximate surface area is 158 Å². The highest BCUT2D eigenvalue weighted by molar-refractivity contribution is 7.09. The van der Waals surface area contributed by atoms with Crippen molar-refractivity contribution in [2.75, 3.05) is 13.1 Å². The van der Waals surface area contributed by atoms with Gasteiger partial charge < -0.3 is 10.4 Å². The number of β-amino-alcohol motifs (C(OH)–C–C–N with tert-alkyl or cyclic N) is 1. The van der Waals surface area contributed by atoms with Gasteiger partial charge in [0.25, 0.3) is 5.91 Å². The summed E-state index contributed by atoms with van der Waals surface area (Å²) in [5.41, 5.74) is 4.43. The number of aliphatic hydroxyl groups excluding tert-OH is 1. The minimum atomic E-state index is -0.554. The van der Waals surface area contributed by atoms with E-state index >= 15 is 0 Å². The third-order valence-corrected chi connectivity index (χ3v) is 6.22. The second-order valence-electron chi connectivity index (χ2n) is 7.37. The van der Waals surface area contributed by atoms with Gasteiger partial charge in [0, 0.05) is 30.6 Å². The summed E-state index contributed by atoms with van der Waals surface area (Å²) in [4.78, 5) is 19.3. The number of aromatic nitrogens is 1. The second-order valence-corrected chi connectivity index (χ2v) is 8.43. The number of aryl methyl sites for hydroxylation is 3. The molecule has 1 aliphatic heterocycles. The average molecular weight is 372 g/mol. The molecule has 0 spiro atoms. The van der Waals surface area contributed by atoms with Crippen LogP contribution >= 0.6 is 11.3 Å². The normalized spacial score (nSPS) is 23.0. The number of amides is 1. The van der Waals surface area contributed by atoms with Gasteiger partial charge in [-0.25, -0.2) is 4.98 Å². The molecule has 1 amide bonds. The highest BCUT2D eigenvalue weighted by Crippen LogP contribution is 2.23. The van der Waals surface area contributed by atoms with Crippen LogP contribution in [0.3, 0.4) is 0 Å². The third-order valence-electron chi connectivity index (χ3n) is 5.40. The molecule has 0 radical (unpaired) electrons. The van der Waals surface area contributed by atoms with E-state index in [4.69, 9.17) is 0 Å². The zero-order valence-corrected chi connectivity index (χ0v) is 15.9. The van der Waals surface area contributed by atoms with Crippen molar-refractivity contribution < 1.29 is 9.90 Å². The van der Waals surface area contributed by atoms with E-state index < -0.39 is 6.10 Å². The highest BCUT2D eigenvalue weighted by atomic mass is 32.1. The molecule has 2 atom stereocenters. The Morgan fingerprint density at radius 3 is 3.00 bits per heavy atom. The van der Waals surface area contributed by atoms with Crippen molar-refractivity contribution in [2.45, 2.75) is 51.3 Å². The van der Waals surface area contributed by atoms with Gasteiger partial charge >= 0.3 is 0 Å². The Kier molecular flexibility index (Phi) is 5.07. The summed E-state index contributed by atoms with van der Waals surface area (Å²) in [6.07, 6.45) is 3.55. The number of fused-ring (bicyclic) bond motifs is 1. The van der Waals surface area contributed by atoms with Gasteiger partial charge in [-0.2, -0.15) is 0 Å². The first kappa shape index (κ1) is 17.6. The number of carbonyl (C=O) groups excluding carboxylic acids is 1. The first-order valence-corrected chi connectivity index (χ1v) is 10.2. The molecular weight excluding hydrogens is 346 g/mol. The number of aliphatic hydroxyl groups is 1. The molecule has 1 saturated heterocycles. The molecule has 4 rings (SSSR count). The summed E-state index contributed by atoms with van der Waals surface area (Å²) in [6.45, 7) is 4.17. The molecule has 6 heteroatoms. The Morgan fingerprint density at radius 2 is 2.23 bits per heavy atom. The van der Waals surface area contributed by atoms with Gasteiger partial charge in [0.15, 0.2) is 0 Å². The fraction of sp³-hybridized carbons (Fsp3) is 0.500. The van der Waals surface area contributed by atoms with Crippen molar-refractivity contribution in [1.29, 1.82) is 0 Å². The number of likely N-dealkylation sites (tertiary alicyclic amines) is 1. The maximum atomic E-state index is 12.6. The van der Waals surface area contributed by atoms with Gasteiger partial charge in [-0.1, -0.05) is 6.07 Å². The van der Waals surface area contributed by atoms with Crippen LogP contribution in [0.4, 0.5) is 0 Å². The van der Waals surface area contributed by atoms with Gasteiger partial charge in [-0.3, -0.25) is 9.69 Å². The SMILES string of the molecule is Cc1nc(CN2CC[C@@H](NC(=O)c3ccc4c(c3)CCC4)[C@H](O)C2)cs1. The molecule has 5 nitrogen and oxygen atoms in total. The predicted octanol–water partition coefficient (Wildman–Crippen LogP) is 2.31. The van der Waals surface area contributed by atoms with Gasteiger partial charge in [0.2, 0.25) is 0 Å². The summed E-state index contributed by atoms with van der Waals surface area (Å²) < 4.78 is 0. The minimum absolute atomic E-state index is 0.0765. The zero-order valence-electron chi connectivity index (χ0n) is 15.1. The topological polar surface area (TPSA) is 65.5 Å². The van der Waals surface area contributed by atoms with Crippen molar-refractivity contribution in [3.05, 3.63) is 51.0 Å². The molecule has 26 heavy (non-hydrogen) atoms. The van der Waals surface area contributed by atoms with Gasteiger partial charge in [-0.15, -0.1) is 11.3 Å². The first-order valence-electron chi connectivity index (χ1n) is 9.32. The molecule has 1 aliphatic carbocycles. The Hall–Kier alpha value is -1.76. The summed E-state index contributed by atoms with van der Waals surface area (Å²) >= 11 is 1.65. The van der Waals surface area contributed by atoms with E-state index in [9.17, 15) is 9.90 Å². The number of hydrogen-bond acceptors (Lipinski definition) is 5. The fourth-order valence-electron chi connectivity index (χ4n) is 3.98. The van der Waals surface area contributed by atoms with Crippen LogP contribution in [-0.2, 0) is 19.4 Å². The molecule has 2 N–H and O–H groups in total. The summed E-state index contributed by atoms with van der Waals surface area (Å²) in [6, 6.07) is 5.81. The van der Waals surface area contributed by atoms with E-state index in [0.717, 1.165) is 43.1 Å². The lowest BCUT2D eigenvalue weighted by Crippen LogP contribution is -2.53. The van der Waals surface area contributed by atoms with Gasteiger partial charge in [0.05, 0.1) is 22.8 Å². The number of piperidine rings is 1. The monoisotopic (exact) mass is 371 g/mol. The predicted molar refractivity (Wildman–Crippen MR) is 102 cm³/mol. The van der Waals surface area contributed by atoms with E-state index in [1.807, 2.05) is 19.1 Å². The van der Waals surface area contributed by atoms with Crippen LogP contribution in [0, 0.1) is 6.92 Å². The third kappa shape index (κ3) is 3.82. The van der Waals surface area contributed by atoms with Crippen LogP contribution in [0.2, 0.25) is 0 Å². The first-order chi connectivity index (χ1) is 12.6. The number of rotatable bonds is 4. The fourth-order valence-corrected chi connectivity index (χ4v) is 4.59. The van der Waals surface area contributed by atoms with Gasteiger partial charge in [-0.05, 0) is 55.9 Å². The smallest absolute Gasteiger partial charge is 0.251 e. The van der Waals surface area contributed by atoms with E-state index in [-0.39, 0.29) is 11.9 Å². The van der Waals surface area contributed by atoms with E-state index in [0.29, 0.717) is 12.1 Å². The lowest BCUT2D eigenvalue weighted by molar-refractivity contribution is 0.0346. The molecule has 1 aromatic carbocycles. The second kappa shape index (κ2) is 7.47. The van der Waals surface area contributed by atoms with E-state index in [1.54, 1.807) is 11.3 Å². The van der Waals surface area contributed by atoms with Crippen LogP contribution in [-0.4, -0.2) is 46.1 Å². The number of carbonyl (C=O) groups is 1. The molecule has 0 saturated carbocycles. The molecule has 138 valence electrons. The molecule has 0 bridgehead atoms. The van der Waals surface area contributed by atoms with Crippen LogP contribution in [0.1, 0.15) is 45.0 Å². The van der Waals surface area contributed by atoms with Crippen molar-refractivity contribution >= 4 is 17.2 Å². The van der Waals surface area contributed by atoms with Crippen molar-refractivity contribution in [3.63, 3.8) is 0 Å². The number of thiazole rings is 1. The molecule has 0 unspecified atom stereocenters. The minimum Gasteiger partial charge on any atom is -0.390 e. The van der Waals surface area contributed by atoms with Crippen LogP contribution in [0.15, 0.2) is 23.6 Å². The van der Waals surface area contributed by atoms with E-state index in [1.165, 1.54) is 17.5 Å². The Balaban J connectivity index is 1.33. The lowest BCUT2D eigenvalue weighted by atomic mass is 10.0. The lowest BCUT2D eigenvalue weighted by Gasteiger charge is -2.36. The number of nitrogens with zero attached hydrogens (tertiary/aromatic N) is 2. The molecule has 2 aromatic rings. The van der Waals surface area contributed by atoms with Crippen LogP contribution < -0.4 is 5.32 Å². The highest BCUT2D eigenvalue weighted by Gasteiger charge is 2.29. The molecular formula is C20H25N3O2S. The van der Waals surface area contributed by atoms with Crippen molar-refractivity contribution in [2.24, 2.45) is 0 Å². The zero-order chi connectivity index (χ0) is 18.1. The summed E-state index contributed by atoms with van der Waals surface area (Å²) in [5, 5.41) is 16.7. The van der Waals surface area contributed by atoms with Crippen molar-refractivity contribution in [1.82, 2.24) is 15.2 Å². The summed E-state index contributed by atoms with van der Waals surface area (Å²) in [5.74, 6) is -0.0765. The molecule has 2 heterocycles. The standard InChI is InChI=1S/C20H25N3O2S/c1-13-21-17(12-26-13)10-23-8-7-18(19(24)11-23)22-20(25)16-6-5-14-3-2-4-15(14)9-16/h5-6,9,12,18-19,24H,2-4,7-8,10-11H2,1H3,(H,22,25)/t18-,19-/m1/s1. The van der Waals surface area contributed by atoms with Gasteiger partial charge in [0.1, 0.15) is 0 Å². The Bertz CT molecular complexity index is 804. The number of nitrogens with one attached hydrogen (secondary N) is 1. The maximum absolute atomic E-state index is 12.6. The molecule has 2 aliphatic rings. The van der Waals surface area contributed by atoms with Crippen LogP contribution in [0.5, 0.6) is 0 Å². The average Bonchev–Trinajstić information content (AvgIpc) is 3.25. The van der Waals surface area contributed by atoms with E-state index in [2.05, 4.69) is 26.6 Å². The Morgan fingerprint density at radius 1 is 1.38 bits per heavy atom. The quantitative estimate of drug-likeness (QED) is 0.866. The maximum Gasteiger partial charge on any atom is 0.251 e. The number of benzene rings is 1. The van der Waals surface area contributed by atoms with Crippen molar-refractivity contribution in [3.8, 4) is 0 Å². The molecule has 1 aromatic heterocycles. The molecule has 1 fully saturated rings. The van der Waals surface area contributed by atoms with Crippen LogP contribution in [0.25, 0.3) is 0 Å². The summed E-state index contributed by atoms with van der Waals surface area (Å²) in [7, 11) is 0.